The molecule has 0 saturated heterocycles. The molecule has 0 rings (SSSR count). The van der Waals surface area contributed by atoms with Crippen LogP contribution in [0.3, 0.4) is 0 Å². The first kappa shape index (κ1) is 66.4. The van der Waals surface area contributed by atoms with Gasteiger partial charge in [-0.05, 0) is 37.0 Å². The van der Waals surface area contributed by atoms with Crippen LogP contribution in [-0.4, -0.2) is 37.2 Å². The lowest BCUT2D eigenvalue weighted by atomic mass is 10.0. The second-order valence-corrected chi connectivity index (χ2v) is 22.8. The predicted molar refractivity (Wildman–Crippen MR) is 293 cm³/mol. The number of ether oxygens (including phenoxy) is 3. The Hall–Kier alpha value is -1.59. The topological polar surface area (TPSA) is 78.9 Å². The van der Waals surface area contributed by atoms with E-state index in [4.69, 9.17) is 14.2 Å². The molecule has 0 aliphatic rings. The highest BCUT2D eigenvalue weighted by atomic mass is 16.6. The van der Waals surface area contributed by atoms with Crippen molar-refractivity contribution in [2.45, 2.75) is 349 Å². The Balaban J connectivity index is 4.24. The molecule has 6 heteroatoms. The first-order valence-electron chi connectivity index (χ1n) is 30.6. The van der Waals surface area contributed by atoms with Crippen molar-refractivity contribution >= 4 is 17.9 Å². The van der Waals surface area contributed by atoms with Crippen molar-refractivity contribution in [2.24, 2.45) is 17.8 Å². The third-order valence-electron chi connectivity index (χ3n) is 14.1. The van der Waals surface area contributed by atoms with Crippen molar-refractivity contribution in [3.8, 4) is 0 Å². The summed E-state index contributed by atoms with van der Waals surface area (Å²) < 4.78 is 16.9. The van der Waals surface area contributed by atoms with E-state index in [2.05, 4.69) is 41.5 Å². The summed E-state index contributed by atoms with van der Waals surface area (Å²) in [4.78, 5) is 38.2. The molecule has 0 aliphatic heterocycles. The number of carbonyl (C=O) groups is 3. The maximum absolute atomic E-state index is 12.9. The fourth-order valence-corrected chi connectivity index (χ4v) is 9.53. The van der Waals surface area contributed by atoms with Gasteiger partial charge in [-0.1, -0.05) is 305 Å². The van der Waals surface area contributed by atoms with Gasteiger partial charge < -0.3 is 14.2 Å². The quantitative estimate of drug-likeness (QED) is 0.0343. The van der Waals surface area contributed by atoms with Gasteiger partial charge in [0, 0.05) is 19.3 Å². The van der Waals surface area contributed by atoms with Gasteiger partial charge in [-0.3, -0.25) is 14.4 Å². The van der Waals surface area contributed by atoms with Gasteiger partial charge in [0.05, 0.1) is 0 Å². The molecule has 0 saturated carbocycles. The Bertz CT molecular complexity index is 1050. The van der Waals surface area contributed by atoms with E-state index in [0.29, 0.717) is 19.3 Å². The first-order chi connectivity index (χ1) is 33.1. The van der Waals surface area contributed by atoms with Crippen molar-refractivity contribution in [1.29, 1.82) is 0 Å². The minimum absolute atomic E-state index is 0.0632. The van der Waals surface area contributed by atoms with E-state index in [0.717, 1.165) is 75.5 Å². The lowest BCUT2D eigenvalue weighted by molar-refractivity contribution is -0.167. The summed E-state index contributed by atoms with van der Waals surface area (Å²) in [5.74, 6) is 1.67. The van der Waals surface area contributed by atoms with Crippen LogP contribution >= 0.6 is 0 Å². The Morgan fingerprint density at radius 2 is 0.426 bits per heavy atom. The molecule has 68 heavy (non-hydrogen) atoms. The van der Waals surface area contributed by atoms with Crippen molar-refractivity contribution < 1.29 is 28.6 Å². The molecule has 404 valence electrons. The molecule has 0 unspecified atom stereocenters. The largest absolute Gasteiger partial charge is 0.462 e. The molecule has 0 spiro atoms. The van der Waals surface area contributed by atoms with Crippen molar-refractivity contribution in [3.63, 3.8) is 0 Å². The van der Waals surface area contributed by atoms with Crippen LogP contribution in [0.4, 0.5) is 0 Å². The summed E-state index contributed by atoms with van der Waals surface area (Å²) in [6, 6.07) is 0. The summed E-state index contributed by atoms with van der Waals surface area (Å²) >= 11 is 0. The summed E-state index contributed by atoms with van der Waals surface area (Å²) in [5.41, 5.74) is 0. The van der Waals surface area contributed by atoms with Crippen LogP contribution in [-0.2, 0) is 28.6 Å². The first-order valence-corrected chi connectivity index (χ1v) is 30.6. The number of rotatable bonds is 55. The second kappa shape index (κ2) is 53.2. The zero-order valence-corrected chi connectivity index (χ0v) is 46.9. The number of hydrogen-bond donors (Lipinski definition) is 0. The Labute approximate surface area is 425 Å². The summed E-state index contributed by atoms with van der Waals surface area (Å²) in [6.45, 7) is 13.8. The highest BCUT2D eigenvalue weighted by molar-refractivity contribution is 5.71. The van der Waals surface area contributed by atoms with Crippen LogP contribution < -0.4 is 0 Å². The summed E-state index contributed by atoms with van der Waals surface area (Å²) in [7, 11) is 0. The van der Waals surface area contributed by atoms with E-state index in [-0.39, 0.29) is 31.1 Å². The molecule has 0 amide bonds. The molecule has 6 nitrogen and oxygen atoms in total. The Morgan fingerprint density at radius 1 is 0.250 bits per heavy atom. The van der Waals surface area contributed by atoms with Crippen LogP contribution in [0.5, 0.6) is 0 Å². The fraction of sp³-hybridized carbons (Fsp3) is 0.952. The van der Waals surface area contributed by atoms with E-state index in [1.54, 1.807) is 0 Å². The van der Waals surface area contributed by atoms with Crippen molar-refractivity contribution in [3.05, 3.63) is 0 Å². The lowest BCUT2D eigenvalue weighted by Gasteiger charge is -2.18. The molecule has 0 N–H and O–H groups in total. The van der Waals surface area contributed by atoms with Crippen LogP contribution in [0.2, 0.25) is 0 Å². The van der Waals surface area contributed by atoms with Crippen LogP contribution in [0.1, 0.15) is 343 Å². The van der Waals surface area contributed by atoms with E-state index in [1.165, 1.54) is 225 Å². The average Bonchev–Trinajstić information content (AvgIpc) is 3.30. The molecule has 0 aromatic heterocycles. The minimum atomic E-state index is -0.764. The zero-order valence-electron chi connectivity index (χ0n) is 46.9. The fourth-order valence-electron chi connectivity index (χ4n) is 9.53. The average molecular weight is 962 g/mol. The monoisotopic (exact) mass is 961 g/mol. The van der Waals surface area contributed by atoms with Gasteiger partial charge >= 0.3 is 17.9 Å². The van der Waals surface area contributed by atoms with Gasteiger partial charge in [0.25, 0.3) is 0 Å². The van der Waals surface area contributed by atoms with Gasteiger partial charge in [0.2, 0.25) is 0 Å². The van der Waals surface area contributed by atoms with Gasteiger partial charge in [-0.15, -0.1) is 0 Å². The standard InChI is InChI=1S/C62H120O6/c1-56(2)48-42-36-30-24-18-14-11-9-7-8-10-12-16-20-27-33-39-45-51-60(63)66-54-59(68-62(65)53-47-41-35-29-23-22-26-32-38-44-50-58(5)6)55-67-61(64)52-46-40-34-28-21-17-13-15-19-25-31-37-43-49-57(3)4/h56-59H,7-55H2,1-6H3/t59-/m0/s1. The van der Waals surface area contributed by atoms with Gasteiger partial charge in [0.15, 0.2) is 6.10 Å². The molecular formula is C62H120O6. The summed E-state index contributed by atoms with van der Waals surface area (Å²) in [6.07, 6.45) is 56.7. The lowest BCUT2D eigenvalue weighted by Crippen LogP contribution is -2.30. The zero-order chi connectivity index (χ0) is 49.8. The third-order valence-corrected chi connectivity index (χ3v) is 14.1. The molecule has 0 fully saturated rings. The maximum Gasteiger partial charge on any atom is 0.306 e. The normalized spacial score (nSPS) is 12.1. The maximum atomic E-state index is 12.9. The van der Waals surface area contributed by atoms with Crippen LogP contribution in [0, 0.1) is 17.8 Å². The molecule has 0 radical (unpaired) electrons. The minimum Gasteiger partial charge on any atom is -0.462 e. The van der Waals surface area contributed by atoms with E-state index in [1.807, 2.05) is 0 Å². The number of esters is 3. The SMILES string of the molecule is CC(C)CCCCCCCCCCCCCCCCCCCCC(=O)OC[C@@H](COC(=O)CCCCCCCCCCCCCCCC(C)C)OC(=O)CCCCCCCCCCCCC(C)C. The van der Waals surface area contributed by atoms with E-state index in [9.17, 15) is 14.4 Å². The Morgan fingerprint density at radius 3 is 0.632 bits per heavy atom. The number of unbranched alkanes of at least 4 members (excludes halogenated alkanes) is 38. The highest BCUT2D eigenvalue weighted by Crippen LogP contribution is 2.19. The van der Waals surface area contributed by atoms with Crippen molar-refractivity contribution in [2.75, 3.05) is 13.2 Å². The smallest absolute Gasteiger partial charge is 0.306 e. The second-order valence-electron chi connectivity index (χ2n) is 22.8. The van der Waals surface area contributed by atoms with Crippen molar-refractivity contribution in [1.82, 2.24) is 0 Å². The molecule has 0 heterocycles. The molecule has 0 aliphatic carbocycles. The van der Waals surface area contributed by atoms with Gasteiger partial charge in [-0.2, -0.15) is 0 Å². The molecular weight excluding hydrogens is 841 g/mol. The number of hydrogen-bond acceptors (Lipinski definition) is 6. The van der Waals surface area contributed by atoms with E-state index < -0.39 is 6.10 Å². The molecule has 0 aromatic carbocycles. The number of carbonyl (C=O) groups excluding carboxylic acids is 3. The Kier molecular flexibility index (Phi) is 52.0. The van der Waals surface area contributed by atoms with Gasteiger partial charge in [0.1, 0.15) is 13.2 Å². The molecule has 0 bridgehead atoms. The molecule has 1 atom stereocenters. The molecule has 0 aromatic rings. The van der Waals surface area contributed by atoms with E-state index >= 15 is 0 Å². The third kappa shape index (κ3) is 55.3. The predicted octanol–water partition coefficient (Wildman–Crippen LogP) is 20.3. The van der Waals surface area contributed by atoms with Gasteiger partial charge in [-0.25, -0.2) is 0 Å². The summed E-state index contributed by atoms with van der Waals surface area (Å²) in [5, 5.41) is 0. The van der Waals surface area contributed by atoms with Crippen LogP contribution in [0.15, 0.2) is 0 Å². The van der Waals surface area contributed by atoms with Crippen LogP contribution in [0.25, 0.3) is 0 Å². The highest BCUT2D eigenvalue weighted by Gasteiger charge is 2.19.